The van der Waals surface area contributed by atoms with Crippen LogP contribution in [0.25, 0.3) is 0 Å². The fraction of sp³-hybridized carbons (Fsp3) is 0.213. The van der Waals surface area contributed by atoms with Crippen molar-refractivity contribution in [3.8, 4) is 29.4 Å². The molecule has 3 unspecified atom stereocenters. The number of ether oxygens (including phenoxy) is 3. The van der Waals surface area contributed by atoms with E-state index in [2.05, 4.69) is 163 Å². The Morgan fingerprint density at radius 1 is 0.324 bits per heavy atom. The lowest BCUT2D eigenvalue weighted by Crippen LogP contribution is -2.46. The third kappa shape index (κ3) is 14.5. The zero-order chi connectivity index (χ0) is 75.9. The van der Waals surface area contributed by atoms with Crippen molar-refractivity contribution in [3.05, 3.63) is 405 Å². The van der Waals surface area contributed by atoms with Crippen molar-refractivity contribution in [1.82, 2.24) is 28.8 Å². The predicted octanol–water partition coefficient (Wildman–Crippen LogP) is 14.4. The van der Waals surface area contributed by atoms with E-state index >= 15 is 0 Å². The first-order chi connectivity index (χ1) is 54.5. The number of fused-ring (bicyclic) bond motifs is 9. The summed E-state index contributed by atoms with van der Waals surface area (Å²) in [6, 6.07) is 88.1. The maximum absolute atomic E-state index is 13.7. The molecule has 9 aromatic carbocycles. The van der Waals surface area contributed by atoms with Gasteiger partial charge >= 0.3 is 0 Å². The summed E-state index contributed by atoms with van der Waals surface area (Å²) in [6.45, 7) is 1.61. The van der Waals surface area contributed by atoms with E-state index in [9.17, 15) is 39.3 Å². The predicted molar refractivity (Wildman–Crippen MR) is 423 cm³/mol. The van der Waals surface area contributed by atoms with E-state index in [0.717, 1.165) is 55.2 Å². The van der Waals surface area contributed by atoms with Crippen LogP contribution in [0, 0.1) is 22.7 Å². The summed E-state index contributed by atoms with van der Waals surface area (Å²) < 4.78 is 23.9. The van der Waals surface area contributed by atoms with Crippen LogP contribution in [0.4, 0.5) is 0 Å². The molecule has 6 heterocycles. The van der Waals surface area contributed by atoms with Crippen LogP contribution in [0.2, 0.25) is 0 Å². The molecular weight excluding hydrogens is 1390 g/mol. The highest BCUT2D eigenvalue weighted by Gasteiger charge is 2.44. The summed E-state index contributed by atoms with van der Waals surface area (Å²) in [7, 11) is 0. The van der Waals surface area contributed by atoms with Gasteiger partial charge in [0.2, 0.25) is 16.3 Å². The number of pyridine rings is 3. The number of carbonyl (C=O) groups is 3. The average Bonchev–Trinajstić information content (AvgIpc) is 1.68. The minimum Gasteiger partial charge on any atom is -0.483 e. The van der Waals surface area contributed by atoms with Gasteiger partial charge in [-0.25, -0.2) is 0 Å². The smallest absolute Gasteiger partial charge is 0.275 e. The number of benzene rings is 9. The lowest BCUT2D eigenvalue weighted by Gasteiger charge is -2.40. The van der Waals surface area contributed by atoms with Gasteiger partial charge in [-0.15, -0.1) is 0 Å². The summed E-state index contributed by atoms with van der Waals surface area (Å²) in [5.41, 5.74) is 17.6. The summed E-state index contributed by atoms with van der Waals surface area (Å²) in [5, 5.41) is 22.2. The van der Waals surface area contributed by atoms with Crippen molar-refractivity contribution in [2.75, 3.05) is 32.7 Å². The molecule has 17 nitrogen and oxygen atoms in total. The zero-order valence-electron chi connectivity index (χ0n) is 61.1. The molecule has 3 atom stereocenters. The number of carbonyl (C=O) groups excluding carboxylic acids is 3. The van der Waals surface area contributed by atoms with Gasteiger partial charge in [0, 0.05) is 74.2 Å². The van der Waals surface area contributed by atoms with Crippen LogP contribution in [-0.2, 0) is 58.3 Å². The average molecular weight is 1470 g/mol. The van der Waals surface area contributed by atoms with Gasteiger partial charge in [-0.05, 0) is 122 Å². The molecule has 111 heavy (non-hydrogen) atoms. The standard InChI is InChI=1S/2C32H27N3O3.C30H26N2O3/c2*33-17-19-34-20-27(29-25-12-6-4-10-23(25)14-15-24-11-5-7-13-26(24)29)35-18-16-28(36)31(30(35)32(34)37)38-21-22-8-2-1-3-9-22;33-26-16-17-32-25(18-31-30(34)28(32)29(26)35-19-20-8-2-1-3-9-20)27-23-12-6-4-10-21(23)14-15-22-11-5-7-13-24(22)27/h2*1-13,16,18,27,29H,14-15,19-21H2;1-13,16-17,25,27H,14-15,18-19H2,(H,31,34). The quantitative estimate of drug-likeness (QED) is 0.101. The molecule has 0 spiro atoms. The largest absolute Gasteiger partial charge is 0.483 e. The fourth-order valence-corrected chi connectivity index (χ4v) is 17.3. The van der Waals surface area contributed by atoms with Crippen molar-refractivity contribution in [2.24, 2.45) is 0 Å². The maximum Gasteiger partial charge on any atom is 0.275 e. The van der Waals surface area contributed by atoms with Crippen molar-refractivity contribution in [1.29, 1.82) is 10.5 Å². The normalized spacial score (nSPS) is 16.7. The van der Waals surface area contributed by atoms with E-state index in [1.54, 1.807) is 28.4 Å². The molecule has 3 aliphatic heterocycles. The Morgan fingerprint density at radius 3 is 0.883 bits per heavy atom. The number of amides is 3. The number of nitriles is 2. The second-order valence-electron chi connectivity index (χ2n) is 28.8. The molecule has 3 aliphatic carbocycles. The molecule has 0 radical (unpaired) electrons. The summed E-state index contributed by atoms with van der Waals surface area (Å²) in [4.78, 5) is 82.7. The highest BCUT2D eigenvalue weighted by molar-refractivity contribution is 5.97. The Hall–Kier alpha value is -13.4. The molecule has 550 valence electrons. The third-order valence-electron chi connectivity index (χ3n) is 22.5. The van der Waals surface area contributed by atoms with Crippen LogP contribution < -0.4 is 35.8 Å². The van der Waals surface area contributed by atoms with Gasteiger partial charge in [0.15, 0.2) is 34.3 Å². The van der Waals surface area contributed by atoms with E-state index in [4.69, 9.17) is 14.2 Å². The van der Waals surface area contributed by atoms with Crippen LogP contribution in [0.5, 0.6) is 17.2 Å². The van der Waals surface area contributed by atoms with E-state index < -0.39 is 0 Å². The van der Waals surface area contributed by atoms with Gasteiger partial charge in [0.05, 0.1) is 30.3 Å². The molecular formula is C94H80N8O9. The zero-order valence-corrected chi connectivity index (χ0v) is 61.1. The van der Waals surface area contributed by atoms with Gasteiger partial charge in [-0.1, -0.05) is 237 Å². The molecule has 12 aromatic rings. The summed E-state index contributed by atoms with van der Waals surface area (Å²) in [6.07, 6.45) is 10.9. The summed E-state index contributed by atoms with van der Waals surface area (Å²) in [5.74, 6) is -0.935. The first-order valence-electron chi connectivity index (χ1n) is 37.8. The van der Waals surface area contributed by atoms with Crippen LogP contribution >= 0.6 is 0 Å². The fourth-order valence-electron chi connectivity index (χ4n) is 17.3. The van der Waals surface area contributed by atoms with E-state index in [1.807, 2.05) is 105 Å². The van der Waals surface area contributed by atoms with E-state index in [0.29, 0.717) is 25.3 Å². The van der Waals surface area contributed by atoms with E-state index in [1.165, 1.54) is 85.0 Å². The third-order valence-corrected chi connectivity index (χ3v) is 22.5. The van der Waals surface area contributed by atoms with Crippen LogP contribution in [-0.4, -0.2) is 73.9 Å². The van der Waals surface area contributed by atoms with Crippen molar-refractivity contribution >= 4 is 17.7 Å². The maximum atomic E-state index is 13.7. The molecule has 3 aromatic heterocycles. The molecule has 3 amide bonds. The lowest BCUT2D eigenvalue weighted by molar-refractivity contribution is 0.0666. The highest BCUT2D eigenvalue weighted by atomic mass is 16.5. The van der Waals surface area contributed by atoms with Crippen molar-refractivity contribution in [2.45, 2.75) is 94.2 Å². The van der Waals surface area contributed by atoms with Crippen LogP contribution in [0.15, 0.2) is 288 Å². The Morgan fingerprint density at radius 2 is 0.586 bits per heavy atom. The van der Waals surface area contributed by atoms with Crippen molar-refractivity contribution < 1.29 is 28.6 Å². The number of aryl methyl sites for hydroxylation is 6. The molecule has 0 saturated heterocycles. The van der Waals surface area contributed by atoms with Gasteiger partial charge in [0.1, 0.15) is 32.9 Å². The second kappa shape index (κ2) is 32.2. The number of rotatable bonds is 14. The lowest BCUT2D eigenvalue weighted by atomic mass is 9.81. The van der Waals surface area contributed by atoms with Gasteiger partial charge in [-0.2, -0.15) is 10.5 Å². The number of hydrogen-bond acceptors (Lipinski definition) is 11. The SMILES string of the molecule is N#CCN1CC(C2c3ccccc3CCc3ccccc32)n2ccc(=O)c(OCc3ccccc3)c2C1=O.N#CCN1CC(C2c3ccccc3CCc3ccccc32)n2ccc(=O)c(OCc3ccccc3)c2C1=O.O=C1NCC(C2c3ccccc3CCc3ccccc32)n2ccc(=O)c(OCc3ccccc3)c21. The molecule has 6 aliphatic rings. The molecule has 0 bridgehead atoms. The molecule has 18 rings (SSSR count). The minimum absolute atomic E-state index is 0.0317. The first-order valence-corrected chi connectivity index (χ1v) is 37.8. The van der Waals surface area contributed by atoms with Gasteiger partial charge in [0.25, 0.3) is 17.7 Å². The second-order valence-corrected chi connectivity index (χ2v) is 28.8. The minimum atomic E-state index is -0.362. The molecule has 0 fully saturated rings. The highest BCUT2D eigenvalue weighted by Crippen LogP contribution is 2.48. The van der Waals surface area contributed by atoms with Crippen LogP contribution in [0.3, 0.4) is 0 Å². The topological polar surface area (TPSA) is 211 Å². The van der Waals surface area contributed by atoms with Gasteiger partial charge in [-0.3, -0.25) is 28.8 Å². The number of aromatic nitrogens is 3. The Labute approximate surface area is 643 Å². The summed E-state index contributed by atoms with van der Waals surface area (Å²) >= 11 is 0. The monoisotopic (exact) mass is 1460 g/mol. The Balaban J connectivity index is 0.000000126. The van der Waals surface area contributed by atoms with Crippen molar-refractivity contribution in [3.63, 3.8) is 0 Å². The number of hydrogen-bond donors (Lipinski definition) is 1. The molecule has 0 saturated carbocycles. The van der Waals surface area contributed by atoms with Crippen LogP contribution in [0.1, 0.15) is 151 Å². The van der Waals surface area contributed by atoms with Gasteiger partial charge < -0.3 is 43.0 Å². The Kier molecular flexibility index (Phi) is 20.8. The molecule has 17 heteroatoms. The number of nitrogens with one attached hydrogen (secondary N) is 1. The number of nitrogens with zero attached hydrogens (tertiary/aromatic N) is 7. The Bertz CT molecular complexity index is 5400. The molecule has 1 N–H and O–H groups in total. The first kappa shape index (κ1) is 71.9. The van der Waals surface area contributed by atoms with E-state index in [-0.39, 0.29) is 131 Å².